The number of nitrogens with one attached hydrogen (secondary N) is 1. The van der Waals surface area contributed by atoms with Gasteiger partial charge in [-0.15, -0.1) is 0 Å². The van der Waals surface area contributed by atoms with E-state index in [1.165, 1.54) is 17.7 Å². The van der Waals surface area contributed by atoms with Gasteiger partial charge in [0.15, 0.2) is 5.96 Å². The zero-order valence-electron chi connectivity index (χ0n) is 13.1. The predicted octanol–water partition coefficient (Wildman–Crippen LogP) is 3.67. The number of rotatable bonds is 5. The predicted molar refractivity (Wildman–Crippen MR) is 90.8 cm³/mol. The second kappa shape index (κ2) is 7.59. The van der Waals surface area contributed by atoms with Crippen LogP contribution in [-0.4, -0.2) is 12.5 Å². The third-order valence-corrected chi connectivity index (χ3v) is 3.58. The van der Waals surface area contributed by atoms with Crippen molar-refractivity contribution in [3.63, 3.8) is 0 Å². The fourth-order valence-electron chi connectivity index (χ4n) is 2.29. The number of guanidine groups is 1. The van der Waals surface area contributed by atoms with Crippen LogP contribution in [0.2, 0.25) is 0 Å². The van der Waals surface area contributed by atoms with Gasteiger partial charge in [-0.05, 0) is 60.7 Å². The highest BCUT2D eigenvalue weighted by molar-refractivity contribution is 5.92. The van der Waals surface area contributed by atoms with Crippen molar-refractivity contribution in [2.24, 2.45) is 10.7 Å². The van der Waals surface area contributed by atoms with E-state index >= 15 is 0 Å². The molecule has 0 bridgehead atoms. The molecule has 0 heterocycles. The second-order valence-electron chi connectivity index (χ2n) is 5.27. The molecule has 0 aromatic heterocycles. The molecular weight excluding hydrogens is 277 g/mol. The highest BCUT2D eigenvalue weighted by Gasteiger charge is 2.00. The van der Waals surface area contributed by atoms with Crippen LogP contribution in [0.4, 0.5) is 10.1 Å². The molecule has 2 aromatic rings. The SMILES string of the molecule is CCc1cccc(NC(N)=NCCc2ccc(F)cc2C)c1. The molecule has 0 aliphatic rings. The molecule has 3 nitrogen and oxygen atoms in total. The van der Waals surface area contributed by atoms with E-state index in [2.05, 4.69) is 29.4 Å². The van der Waals surface area contributed by atoms with Gasteiger partial charge in [0.2, 0.25) is 0 Å². The fourth-order valence-corrected chi connectivity index (χ4v) is 2.29. The molecule has 0 spiro atoms. The van der Waals surface area contributed by atoms with Crippen LogP contribution in [-0.2, 0) is 12.8 Å². The van der Waals surface area contributed by atoms with E-state index < -0.39 is 0 Å². The molecule has 0 aliphatic heterocycles. The van der Waals surface area contributed by atoms with Crippen molar-refractivity contribution in [3.05, 3.63) is 65.0 Å². The summed E-state index contributed by atoms with van der Waals surface area (Å²) >= 11 is 0. The minimum Gasteiger partial charge on any atom is -0.370 e. The Bertz CT molecular complexity index is 665. The largest absolute Gasteiger partial charge is 0.370 e. The Morgan fingerprint density at radius 1 is 1.23 bits per heavy atom. The number of hydrogen-bond donors (Lipinski definition) is 2. The average molecular weight is 299 g/mol. The van der Waals surface area contributed by atoms with Gasteiger partial charge in [0.05, 0.1) is 0 Å². The van der Waals surface area contributed by atoms with Crippen molar-refractivity contribution < 1.29 is 4.39 Å². The maximum atomic E-state index is 13.0. The van der Waals surface area contributed by atoms with E-state index in [1.807, 2.05) is 19.1 Å². The summed E-state index contributed by atoms with van der Waals surface area (Å²) in [5.41, 5.74) is 10.1. The summed E-state index contributed by atoms with van der Waals surface area (Å²) in [7, 11) is 0. The second-order valence-corrected chi connectivity index (χ2v) is 5.27. The van der Waals surface area contributed by atoms with E-state index in [0.717, 1.165) is 29.7 Å². The summed E-state index contributed by atoms with van der Waals surface area (Å²) < 4.78 is 13.0. The molecule has 0 aliphatic carbocycles. The van der Waals surface area contributed by atoms with Gasteiger partial charge in [0.25, 0.3) is 0 Å². The summed E-state index contributed by atoms with van der Waals surface area (Å²) in [5.74, 6) is 0.190. The molecule has 0 amide bonds. The maximum absolute atomic E-state index is 13.0. The average Bonchev–Trinajstić information content (AvgIpc) is 2.49. The lowest BCUT2D eigenvalue weighted by atomic mass is 10.1. The Morgan fingerprint density at radius 2 is 2.05 bits per heavy atom. The molecule has 0 fully saturated rings. The number of nitrogens with two attached hydrogens (primary N) is 1. The van der Waals surface area contributed by atoms with Gasteiger partial charge >= 0.3 is 0 Å². The van der Waals surface area contributed by atoms with Gasteiger partial charge in [-0.25, -0.2) is 4.39 Å². The summed E-state index contributed by atoms with van der Waals surface area (Å²) in [6.07, 6.45) is 1.72. The molecule has 2 rings (SSSR count). The van der Waals surface area contributed by atoms with E-state index in [0.29, 0.717) is 12.5 Å². The smallest absolute Gasteiger partial charge is 0.193 e. The van der Waals surface area contributed by atoms with Gasteiger partial charge in [0.1, 0.15) is 5.82 Å². The number of aliphatic imine (C=N–C) groups is 1. The van der Waals surface area contributed by atoms with Crippen LogP contribution >= 0.6 is 0 Å². The number of aryl methyl sites for hydroxylation is 2. The van der Waals surface area contributed by atoms with Gasteiger partial charge in [-0.1, -0.05) is 25.1 Å². The maximum Gasteiger partial charge on any atom is 0.193 e. The van der Waals surface area contributed by atoms with Crippen molar-refractivity contribution in [2.75, 3.05) is 11.9 Å². The first-order valence-corrected chi connectivity index (χ1v) is 7.49. The first kappa shape index (κ1) is 16.0. The standard InChI is InChI=1S/C18H22FN3/c1-3-14-5-4-6-17(12-14)22-18(20)21-10-9-15-7-8-16(19)11-13(15)2/h4-8,11-12H,3,9-10H2,1-2H3,(H3,20,21,22). The summed E-state index contributed by atoms with van der Waals surface area (Å²) in [6, 6.07) is 12.9. The van der Waals surface area contributed by atoms with E-state index in [-0.39, 0.29) is 5.82 Å². The molecule has 22 heavy (non-hydrogen) atoms. The normalized spacial score (nSPS) is 11.5. The lowest BCUT2D eigenvalue weighted by Gasteiger charge is -2.08. The molecule has 2 aromatic carbocycles. The number of halogens is 1. The van der Waals surface area contributed by atoms with Crippen LogP contribution in [0, 0.1) is 12.7 Å². The molecule has 0 saturated heterocycles. The summed E-state index contributed by atoms with van der Waals surface area (Å²) in [5, 5.41) is 3.09. The van der Waals surface area contributed by atoms with Crippen LogP contribution in [0.25, 0.3) is 0 Å². The Morgan fingerprint density at radius 3 is 2.77 bits per heavy atom. The van der Waals surface area contributed by atoms with Crippen LogP contribution in [0.1, 0.15) is 23.6 Å². The number of nitrogens with zero attached hydrogens (tertiary/aromatic N) is 1. The Balaban J connectivity index is 1.92. The first-order valence-electron chi connectivity index (χ1n) is 7.49. The van der Waals surface area contributed by atoms with Crippen molar-refractivity contribution in [1.29, 1.82) is 0 Å². The fraction of sp³-hybridized carbons (Fsp3) is 0.278. The van der Waals surface area contributed by atoms with Gasteiger partial charge in [-0.3, -0.25) is 4.99 Å². The third-order valence-electron chi connectivity index (χ3n) is 3.58. The first-order chi connectivity index (χ1) is 10.6. The lowest BCUT2D eigenvalue weighted by Crippen LogP contribution is -2.23. The van der Waals surface area contributed by atoms with Gasteiger partial charge in [0, 0.05) is 12.2 Å². The van der Waals surface area contributed by atoms with Crippen molar-refractivity contribution in [3.8, 4) is 0 Å². The Hall–Kier alpha value is -2.36. The quantitative estimate of drug-likeness (QED) is 0.654. The van der Waals surface area contributed by atoms with Crippen LogP contribution < -0.4 is 11.1 Å². The summed E-state index contributed by atoms with van der Waals surface area (Å²) in [4.78, 5) is 4.32. The summed E-state index contributed by atoms with van der Waals surface area (Å²) in [6.45, 7) is 4.58. The van der Waals surface area contributed by atoms with Gasteiger partial charge < -0.3 is 11.1 Å². The molecule has 3 N–H and O–H groups in total. The lowest BCUT2D eigenvalue weighted by molar-refractivity contribution is 0.625. The minimum absolute atomic E-state index is 0.207. The van der Waals surface area contributed by atoms with Gasteiger partial charge in [-0.2, -0.15) is 0 Å². The van der Waals surface area contributed by atoms with Crippen molar-refractivity contribution in [2.45, 2.75) is 26.7 Å². The molecule has 0 saturated carbocycles. The van der Waals surface area contributed by atoms with E-state index in [1.54, 1.807) is 6.07 Å². The molecular formula is C18H22FN3. The monoisotopic (exact) mass is 299 g/mol. The van der Waals surface area contributed by atoms with Crippen LogP contribution in [0.15, 0.2) is 47.5 Å². The molecule has 0 unspecified atom stereocenters. The Labute approximate surface area is 131 Å². The van der Waals surface area contributed by atoms with Crippen LogP contribution in [0.3, 0.4) is 0 Å². The van der Waals surface area contributed by atoms with Crippen LogP contribution in [0.5, 0.6) is 0 Å². The molecule has 0 radical (unpaired) electrons. The zero-order valence-corrected chi connectivity index (χ0v) is 13.1. The molecule has 4 heteroatoms. The highest BCUT2D eigenvalue weighted by Crippen LogP contribution is 2.12. The van der Waals surface area contributed by atoms with Crippen molar-refractivity contribution in [1.82, 2.24) is 0 Å². The number of hydrogen-bond acceptors (Lipinski definition) is 1. The third kappa shape index (κ3) is 4.58. The minimum atomic E-state index is -0.207. The number of benzene rings is 2. The zero-order chi connectivity index (χ0) is 15.9. The molecule has 0 atom stereocenters. The van der Waals surface area contributed by atoms with Crippen molar-refractivity contribution >= 4 is 11.6 Å². The number of anilines is 1. The van der Waals surface area contributed by atoms with E-state index in [9.17, 15) is 4.39 Å². The molecule has 116 valence electrons. The topological polar surface area (TPSA) is 50.4 Å². The van der Waals surface area contributed by atoms with E-state index in [4.69, 9.17) is 5.73 Å². The highest BCUT2D eigenvalue weighted by atomic mass is 19.1. The Kier molecular flexibility index (Phi) is 5.53.